The predicted octanol–water partition coefficient (Wildman–Crippen LogP) is 4.07. The quantitative estimate of drug-likeness (QED) is 0.451. The Labute approximate surface area is 199 Å². The van der Waals surface area contributed by atoms with Crippen molar-refractivity contribution in [2.24, 2.45) is 4.99 Å². The van der Waals surface area contributed by atoms with Crippen molar-refractivity contribution in [2.75, 3.05) is 0 Å². The van der Waals surface area contributed by atoms with Crippen molar-refractivity contribution in [3.63, 3.8) is 0 Å². The molecule has 0 radical (unpaired) electrons. The minimum Gasteiger partial charge on any atom is -0.506 e. The smallest absolute Gasteiger partial charge is 0.332 e. The largest absolute Gasteiger partial charge is 0.506 e. The molecule has 1 aliphatic rings. The lowest BCUT2D eigenvalue weighted by atomic mass is 10.2. The third-order valence-electron chi connectivity index (χ3n) is 5.47. The van der Waals surface area contributed by atoms with Gasteiger partial charge in [0.15, 0.2) is 5.82 Å². The zero-order valence-corrected chi connectivity index (χ0v) is 19.6. The first-order chi connectivity index (χ1) is 15.9. The van der Waals surface area contributed by atoms with Gasteiger partial charge in [-0.2, -0.15) is 4.98 Å². The fraction of sp³-hybridized carbons (Fsp3) is 0.409. The maximum absolute atomic E-state index is 13.0. The van der Waals surface area contributed by atoms with E-state index in [1.54, 1.807) is 16.7 Å². The molecular formula is C22H23Cl2N5O4. The van der Waals surface area contributed by atoms with Gasteiger partial charge in [0.25, 0.3) is 11.4 Å². The Hall–Kier alpha value is -2.91. The van der Waals surface area contributed by atoms with Crippen LogP contribution in [0.2, 0.25) is 5.02 Å². The van der Waals surface area contributed by atoms with Crippen LogP contribution in [0.1, 0.15) is 44.0 Å². The first-order valence-electron chi connectivity index (χ1n) is 10.8. The highest BCUT2D eigenvalue weighted by molar-refractivity contribution is 6.66. The van der Waals surface area contributed by atoms with E-state index in [0.717, 1.165) is 12.8 Å². The molecule has 0 fully saturated rings. The number of rotatable bonds is 9. The molecule has 3 aromatic rings. The molecule has 1 N–H and O–H groups in total. The second-order valence-electron chi connectivity index (χ2n) is 7.85. The molecule has 11 heteroatoms. The van der Waals surface area contributed by atoms with E-state index in [1.165, 1.54) is 10.6 Å². The van der Waals surface area contributed by atoms with Crippen LogP contribution in [0.15, 0.2) is 37.3 Å². The van der Waals surface area contributed by atoms with Crippen molar-refractivity contribution >= 4 is 34.2 Å². The third-order valence-corrected chi connectivity index (χ3v) is 5.99. The van der Waals surface area contributed by atoms with Crippen LogP contribution in [0.3, 0.4) is 0 Å². The van der Waals surface area contributed by atoms with Gasteiger partial charge < -0.3 is 9.63 Å². The van der Waals surface area contributed by atoms with Crippen molar-refractivity contribution in [1.82, 2.24) is 19.3 Å². The summed E-state index contributed by atoms with van der Waals surface area (Å²) in [5.41, 5.74) is 0.405. The zero-order valence-electron chi connectivity index (χ0n) is 18.1. The molecule has 2 aromatic heterocycles. The molecule has 0 spiro atoms. The molecule has 3 heterocycles. The minimum atomic E-state index is -0.353. The molecule has 0 saturated heterocycles. The number of benzene rings is 1. The lowest BCUT2D eigenvalue weighted by Crippen LogP contribution is -2.41. The van der Waals surface area contributed by atoms with Crippen molar-refractivity contribution in [3.05, 3.63) is 55.4 Å². The summed E-state index contributed by atoms with van der Waals surface area (Å²) in [6.07, 6.45) is 3.75. The fourth-order valence-electron chi connectivity index (χ4n) is 3.71. The Kier molecular flexibility index (Phi) is 6.99. The average molecular weight is 492 g/mol. The molecule has 9 nitrogen and oxygen atoms in total. The molecule has 0 aliphatic carbocycles. The van der Waals surface area contributed by atoms with Crippen molar-refractivity contribution in [1.29, 1.82) is 0 Å². The fourth-order valence-corrected chi connectivity index (χ4v) is 4.10. The van der Waals surface area contributed by atoms with Gasteiger partial charge in [-0.15, -0.1) is 0 Å². The summed E-state index contributed by atoms with van der Waals surface area (Å²) in [6, 6.07) is 4.65. The van der Waals surface area contributed by atoms with E-state index in [-0.39, 0.29) is 35.0 Å². The number of aromatic nitrogens is 4. The second-order valence-corrected chi connectivity index (χ2v) is 8.69. The van der Waals surface area contributed by atoms with E-state index in [1.807, 2.05) is 6.92 Å². The summed E-state index contributed by atoms with van der Waals surface area (Å²) in [4.78, 5) is 34.4. The van der Waals surface area contributed by atoms with E-state index in [4.69, 9.17) is 27.7 Å². The molecule has 1 aliphatic heterocycles. The van der Waals surface area contributed by atoms with Crippen molar-refractivity contribution in [2.45, 2.75) is 58.5 Å². The molecule has 33 heavy (non-hydrogen) atoms. The number of aliphatic imine (C=N–C) groups is 1. The number of phenolic OH excluding ortho intramolecular Hbond substituents is 1. The molecule has 174 valence electrons. The Morgan fingerprint density at radius 2 is 1.91 bits per heavy atom. The number of hydrogen-bond acceptors (Lipinski definition) is 7. The summed E-state index contributed by atoms with van der Waals surface area (Å²) in [7, 11) is 0. The number of halogens is 2. The highest BCUT2D eigenvalue weighted by Crippen LogP contribution is 2.28. The first kappa shape index (κ1) is 23.3. The van der Waals surface area contributed by atoms with E-state index < -0.39 is 0 Å². The zero-order chi connectivity index (χ0) is 23.5. The summed E-state index contributed by atoms with van der Waals surface area (Å²) < 4.78 is 8.11. The van der Waals surface area contributed by atoms with Crippen LogP contribution < -0.4 is 11.2 Å². The maximum Gasteiger partial charge on any atom is 0.332 e. The number of aryl methyl sites for hydroxylation is 1. The van der Waals surface area contributed by atoms with Gasteiger partial charge in [0.2, 0.25) is 0 Å². The number of nitrogens with zero attached hydrogens (tertiary/aromatic N) is 5. The number of fused-ring (bicyclic) bond motifs is 1. The Morgan fingerprint density at radius 1 is 1.12 bits per heavy atom. The summed E-state index contributed by atoms with van der Waals surface area (Å²) >= 11 is 12.0. The number of unbranched alkanes of at least 4 members (excludes halogenated alkanes) is 2. The van der Waals surface area contributed by atoms with E-state index >= 15 is 0 Å². The van der Waals surface area contributed by atoms with Crippen molar-refractivity contribution < 1.29 is 9.63 Å². The molecule has 0 amide bonds. The molecule has 4 rings (SSSR count). The Morgan fingerprint density at radius 3 is 2.67 bits per heavy atom. The Balaban J connectivity index is 1.43. The van der Waals surface area contributed by atoms with Crippen LogP contribution in [0.25, 0.3) is 11.5 Å². The van der Waals surface area contributed by atoms with Gasteiger partial charge in [0.1, 0.15) is 16.7 Å². The molecule has 1 aromatic carbocycles. The van der Waals surface area contributed by atoms with Gasteiger partial charge in [-0.3, -0.25) is 13.9 Å². The lowest BCUT2D eigenvalue weighted by molar-refractivity contribution is 0.420. The topological polar surface area (TPSA) is 116 Å². The van der Waals surface area contributed by atoms with Crippen LogP contribution in [0.5, 0.6) is 5.75 Å². The average Bonchev–Trinajstić information content (AvgIpc) is 3.42. The molecule has 0 saturated carbocycles. The first-order valence-corrected chi connectivity index (χ1v) is 11.6. The lowest BCUT2D eigenvalue weighted by Gasteiger charge is -2.13. The van der Waals surface area contributed by atoms with Crippen LogP contribution >= 0.6 is 23.2 Å². The van der Waals surface area contributed by atoms with E-state index in [2.05, 4.69) is 15.1 Å². The minimum absolute atomic E-state index is 0.0236. The summed E-state index contributed by atoms with van der Waals surface area (Å²) in [5.74, 6) is 1.19. The monoisotopic (exact) mass is 491 g/mol. The number of hydrogen-bond donors (Lipinski definition) is 1. The second kappa shape index (κ2) is 9.93. The molecular weight excluding hydrogens is 469 g/mol. The standard InChI is InChI=1S/C22H23Cl2N5O4/c1-2-3-9-28-19-14(12-17(24)25-19)21(31)29(22(28)32)10-5-4-6-18-26-20(33-27-18)13-7-8-16(30)15(23)11-13/h7-8,11,30H,2-6,9-10,12H2,1H3. The SMILES string of the molecule is CCCCn1c2c(c(=O)n(CCCCc3noc(-c4ccc(O)c(Cl)c4)n3)c1=O)CC(Cl)=N2. The van der Waals surface area contributed by atoms with Gasteiger partial charge in [-0.1, -0.05) is 41.7 Å². The van der Waals surface area contributed by atoms with Gasteiger partial charge in [0, 0.05) is 31.5 Å². The number of aromatic hydroxyl groups is 1. The predicted molar refractivity (Wildman–Crippen MR) is 126 cm³/mol. The highest BCUT2D eigenvalue weighted by atomic mass is 35.5. The normalized spacial score (nSPS) is 12.8. The highest BCUT2D eigenvalue weighted by Gasteiger charge is 2.24. The van der Waals surface area contributed by atoms with Gasteiger partial charge >= 0.3 is 5.69 Å². The molecule has 0 unspecified atom stereocenters. The van der Waals surface area contributed by atoms with Crippen molar-refractivity contribution in [3.8, 4) is 17.2 Å². The molecule has 0 atom stereocenters. The number of phenols is 1. The van der Waals surface area contributed by atoms with Crippen LogP contribution in [-0.4, -0.2) is 29.6 Å². The van der Waals surface area contributed by atoms with Crippen LogP contribution in [0, 0.1) is 0 Å². The van der Waals surface area contributed by atoms with Gasteiger partial charge in [-0.05, 0) is 37.5 Å². The Bertz CT molecular complexity index is 1330. The van der Waals surface area contributed by atoms with Crippen LogP contribution in [-0.2, 0) is 25.9 Å². The van der Waals surface area contributed by atoms with Crippen LogP contribution in [0.4, 0.5) is 5.82 Å². The summed E-state index contributed by atoms with van der Waals surface area (Å²) in [6.45, 7) is 2.82. The van der Waals surface area contributed by atoms with Gasteiger partial charge in [-0.25, -0.2) is 9.79 Å². The van der Waals surface area contributed by atoms with Gasteiger partial charge in [0.05, 0.1) is 10.6 Å². The van der Waals surface area contributed by atoms with E-state index in [0.29, 0.717) is 59.6 Å². The molecule has 0 bridgehead atoms. The summed E-state index contributed by atoms with van der Waals surface area (Å²) in [5, 5.41) is 14.0. The third kappa shape index (κ3) is 4.89. The maximum atomic E-state index is 13.0. The van der Waals surface area contributed by atoms with E-state index in [9.17, 15) is 14.7 Å².